The van der Waals surface area contributed by atoms with Gasteiger partial charge in [-0.2, -0.15) is 18.3 Å². The van der Waals surface area contributed by atoms with Gasteiger partial charge in [0.15, 0.2) is 11.4 Å². The van der Waals surface area contributed by atoms with Gasteiger partial charge in [0.05, 0.1) is 35.3 Å². The number of hydrogen-bond donors (Lipinski definition) is 1. The first-order valence-corrected chi connectivity index (χ1v) is 8.14. The number of halogens is 5. The number of amides is 1. The molecule has 3 aromatic rings. The van der Waals surface area contributed by atoms with E-state index in [1.54, 1.807) is 0 Å². The van der Waals surface area contributed by atoms with Crippen LogP contribution in [0.2, 0.25) is 5.02 Å². The Kier molecular flexibility index (Phi) is 5.28. The van der Waals surface area contributed by atoms with Crippen molar-refractivity contribution in [2.45, 2.75) is 6.18 Å². The Labute approximate surface area is 161 Å². The third-order valence-corrected chi connectivity index (χ3v) is 4.08. The fourth-order valence-electron chi connectivity index (χ4n) is 2.37. The molecule has 0 radical (unpaired) electrons. The maximum Gasteiger partial charge on any atom is 0.416 e. The highest BCUT2D eigenvalue weighted by Gasteiger charge is 2.31. The molecule has 28 heavy (non-hydrogen) atoms. The molecule has 3 rings (SSSR count). The Bertz CT molecular complexity index is 1020. The molecule has 0 atom stereocenters. The lowest BCUT2D eigenvalue weighted by molar-refractivity contribution is -0.137. The summed E-state index contributed by atoms with van der Waals surface area (Å²) in [6, 6.07) is 7.87. The van der Waals surface area contributed by atoms with E-state index in [0.717, 1.165) is 18.2 Å². The average molecular weight is 414 g/mol. The van der Waals surface area contributed by atoms with Crippen LogP contribution in [0.1, 0.15) is 16.1 Å². The predicted octanol–water partition coefficient (Wildman–Crippen LogP) is 4.94. The van der Waals surface area contributed by atoms with Crippen LogP contribution in [-0.2, 0) is 6.18 Å². The van der Waals surface area contributed by atoms with E-state index in [0.29, 0.717) is 5.69 Å². The van der Waals surface area contributed by atoms with Gasteiger partial charge < -0.3 is 10.1 Å². The van der Waals surface area contributed by atoms with Crippen molar-refractivity contribution in [3.63, 3.8) is 0 Å². The Balaban J connectivity index is 1.92. The standard InChI is InChI=1S/C18H12ClF4N3O2/c1-28-15-9-26(12-5-3-11(20)4-6-12)25-16(15)17(27)24-14-8-10(18(21,22)23)2-7-13(14)19/h2-9H,1H3,(H,24,27). The summed E-state index contributed by atoms with van der Waals surface area (Å²) in [4.78, 5) is 12.5. The van der Waals surface area contributed by atoms with Gasteiger partial charge in [0, 0.05) is 0 Å². The molecule has 1 heterocycles. The van der Waals surface area contributed by atoms with E-state index >= 15 is 0 Å². The highest BCUT2D eigenvalue weighted by Crippen LogP contribution is 2.34. The zero-order chi connectivity index (χ0) is 20.5. The summed E-state index contributed by atoms with van der Waals surface area (Å²) >= 11 is 5.89. The molecule has 0 saturated heterocycles. The number of benzene rings is 2. The fraction of sp³-hybridized carbons (Fsp3) is 0.111. The van der Waals surface area contributed by atoms with Gasteiger partial charge in [-0.1, -0.05) is 11.6 Å². The molecule has 0 bridgehead atoms. The quantitative estimate of drug-likeness (QED) is 0.616. The number of aromatic nitrogens is 2. The molecule has 1 aromatic heterocycles. The molecule has 0 spiro atoms. The summed E-state index contributed by atoms with van der Waals surface area (Å²) in [5.74, 6) is -1.19. The van der Waals surface area contributed by atoms with Crippen LogP contribution in [-0.4, -0.2) is 22.8 Å². The fourth-order valence-corrected chi connectivity index (χ4v) is 2.53. The van der Waals surface area contributed by atoms with Crippen molar-refractivity contribution in [3.8, 4) is 11.4 Å². The maximum absolute atomic E-state index is 13.1. The number of alkyl halides is 3. The van der Waals surface area contributed by atoms with Gasteiger partial charge in [-0.15, -0.1) is 0 Å². The zero-order valence-corrected chi connectivity index (χ0v) is 15.0. The highest BCUT2D eigenvalue weighted by molar-refractivity contribution is 6.34. The summed E-state index contributed by atoms with van der Waals surface area (Å²) < 4.78 is 58.1. The summed E-state index contributed by atoms with van der Waals surface area (Å²) in [7, 11) is 1.31. The lowest BCUT2D eigenvalue weighted by Gasteiger charge is -2.11. The van der Waals surface area contributed by atoms with Crippen LogP contribution in [0.3, 0.4) is 0 Å². The largest absolute Gasteiger partial charge is 0.493 e. The molecule has 0 aliphatic carbocycles. The number of hydrogen-bond acceptors (Lipinski definition) is 3. The molecule has 1 N–H and O–H groups in total. The van der Waals surface area contributed by atoms with Crippen LogP contribution in [0.25, 0.3) is 5.69 Å². The maximum atomic E-state index is 13.1. The Hall–Kier alpha value is -3.07. The highest BCUT2D eigenvalue weighted by atomic mass is 35.5. The number of anilines is 1. The molecular weight excluding hydrogens is 402 g/mol. The van der Waals surface area contributed by atoms with Crippen LogP contribution in [0.5, 0.6) is 5.75 Å². The second-order valence-electron chi connectivity index (χ2n) is 5.61. The van der Waals surface area contributed by atoms with Crippen LogP contribution >= 0.6 is 11.6 Å². The summed E-state index contributed by atoms with van der Waals surface area (Å²) in [6.07, 6.45) is -3.21. The zero-order valence-electron chi connectivity index (χ0n) is 14.2. The summed E-state index contributed by atoms with van der Waals surface area (Å²) in [6.45, 7) is 0. The van der Waals surface area contributed by atoms with E-state index in [9.17, 15) is 22.4 Å². The van der Waals surface area contributed by atoms with Gasteiger partial charge in [0.2, 0.25) is 0 Å². The van der Waals surface area contributed by atoms with Gasteiger partial charge in [-0.05, 0) is 42.5 Å². The van der Waals surface area contributed by atoms with Crippen molar-refractivity contribution in [1.82, 2.24) is 9.78 Å². The first kappa shape index (κ1) is 19.7. The van der Waals surface area contributed by atoms with E-state index in [2.05, 4.69) is 10.4 Å². The van der Waals surface area contributed by atoms with E-state index in [1.807, 2.05) is 0 Å². The molecule has 0 aliphatic rings. The number of rotatable bonds is 4. The molecule has 0 fully saturated rings. The molecule has 0 saturated carbocycles. The van der Waals surface area contributed by atoms with Crippen molar-refractivity contribution in [2.24, 2.45) is 0 Å². The Morgan fingerprint density at radius 3 is 2.46 bits per heavy atom. The van der Waals surface area contributed by atoms with Gasteiger partial charge in [-0.3, -0.25) is 4.79 Å². The molecule has 146 valence electrons. The Morgan fingerprint density at radius 1 is 1.18 bits per heavy atom. The average Bonchev–Trinajstić information content (AvgIpc) is 3.07. The van der Waals surface area contributed by atoms with Gasteiger partial charge >= 0.3 is 6.18 Å². The predicted molar refractivity (Wildman–Crippen MR) is 94.5 cm³/mol. The van der Waals surface area contributed by atoms with Crippen molar-refractivity contribution < 1.29 is 27.1 Å². The van der Waals surface area contributed by atoms with E-state index in [-0.39, 0.29) is 22.2 Å². The lowest BCUT2D eigenvalue weighted by atomic mass is 10.2. The summed E-state index contributed by atoms with van der Waals surface area (Å²) in [5.41, 5.74) is -0.910. The normalized spacial score (nSPS) is 11.4. The van der Waals surface area contributed by atoms with Crippen LogP contribution in [0, 0.1) is 5.82 Å². The van der Waals surface area contributed by atoms with E-state index in [1.165, 1.54) is 42.3 Å². The Morgan fingerprint density at radius 2 is 1.86 bits per heavy atom. The minimum absolute atomic E-state index is 0.0710. The van der Waals surface area contributed by atoms with Crippen LogP contribution in [0.15, 0.2) is 48.7 Å². The molecular formula is C18H12ClF4N3O2. The van der Waals surface area contributed by atoms with Crippen molar-refractivity contribution in [3.05, 3.63) is 70.8 Å². The van der Waals surface area contributed by atoms with Crippen LogP contribution < -0.4 is 10.1 Å². The van der Waals surface area contributed by atoms with Gasteiger partial charge in [0.1, 0.15) is 5.82 Å². The first-order valence-electron chi connectivity index (χ1n) is 7.76. The smallest absolute Gasteiger partial charge is 0.416 e. The number of nitrogens with one attached hydrogen (secondary N) is 1. The van der Waals surface area contributed by atoms with E-state index in [4.69, 9.17) is 16.3 Å². The molecule has 0 aliphatic heterocycles. The SMILES string of the molecule is COc1cn(-c2ccc(F)cc2)nc1C(=O)Nc1cc(C(F)(F)F)ccc1Cl. The third kappa shape index (κ3) is 4.09. The second-order valence-corrected chi connectivity index (χ2v) is 6.02. The first-order chi connectivity index (χ1) is 13.2. The number of methoxy groups -OCH3 is 1. The van der Waals surface area contributed by atoms with E-state index < -0.39 is 23.5 Å². The minimum atomic E-state index is -4.59. The minimum Gasteiger partial charge on any atom is -0.493 e. The number of carbonyl (C=O) groups is 1. The van der Waals surface area contributed by atoms with Gasteiger partial charge in [-0.25, -0.2) is 9.07 Å². The number of ether oxygens (including phenoxy) is 1. The molecule has 2 aromatic carbocycles. The lowest BCUT2D eigenvalue weighted by Crippen LogP contribution is -2.15. The van der Waals surface area contributed by atoms with Crippen molar-refractivity contribution >= 4 is 23.2 Å². The third-order valence-electron chi connectivity index (χ3n) is 3.75. The summed E-state index contributed by atoms with van der Waals surface area (Å²) in [5, 5.41) is 6.30. The molecule has 10 heteroatoms. The van der Waals surface area contributed by atoms with Crippen LogP contribution in [0.4, 0.5) is 23.2 Å². The molecule has 5 nitrogen and oxygen atoms in total. The van der Waals surface area contributed by atoms with Gasteiger partial charge in [0.25, 0.3) is 5.91 Å². The second kappa shape index (κ2) is 7.51. The monoisotopic (exact) mass is 413 g/mol. The number of carbonyl (C=O) groups excluding carboxylic acids is 1. The topological polar surface area (TPSA) is 56.2 Å². The van der Waals surface area contributed by atoms with Crippen molar-refractivity contribution in [2.75, 3.05) is 12.4 Å². The molecule has 0 unspecified atom stereocenters. The number of nitrogens with zero attached hydrogens (tertiary/aromatic N) is 2. The van der Waals surface area contributed by atoms with Crippen molar-refractivity contribution in [1.29, 1.82) is 0 Å². The molecule has 1 amide bonds.